The number of hydrogen-bond acceptors (Lipinski definition) is 6. The number of hydrogen-bond donors (Lipinski definition) is 0. The molecule has 0 amide bonds. The predicted molar refractivity (Wildman–Crippen MR) is 50.0 cm³/mol. The maximum Gasteiger partial charge on any atom is 0.318 e. The van der Waals surface area contributed by atoms with Crippen molar-refractivity contribution in [2.75, 3.05) is 14.2 Å². The number of rotatable bonds is 3. The van der Waals surface area contributed by atoms with E-state index in [4.69, 9.17) is 9.47 Å². The van der Waals surface area contributed by atoms with Crippen molar-refractivity contribution in [1.82, 2.24) is 0 Å². The van der Waals surface area contributed by atoms with E-state index in [2.05, 4.69) is 4.74 Å². The van der Waals surface area contributed by atoms with E-state index >= 15 is 0 Å². The van der Waals surface area contributed by atoms with Crippen molar-refractivity contribution in [2.45, 2.75) is 17.9 Å². The molecule has 2 rings (SSSR count). The van der Waals surface area contributed by atoms with Crippen LogP contribution in [-0.4, -0.2) is 43.0 Å². The van der Waals surface area contributed by atoms with E-state index in [1.165, 1.54) is 20.3 Å². The molecule has 0 aliphatic carbocycles. The zero-order valence-electron chi connectivity index (χ0n) is 8.78. The first kappa shape index (κ1) is 11.0. The Labute approximate surface area is 91.1 Å². The molecule has 0 spiro atoms. The van der Waals surface area contributed by atoms with E-state index in [1.807, 2.05) is 0 Å². The largest absolute Gasteiger partial charge is 0.469 e. The third kappa shape index (κ3) is 1.25. The SMILES string of the molecule is COC(=O)[C@H]1[C@H]([N+](=O)[O-])[C@]2(OC)C=C[C@H]1O2. The van der Waals surface area contributed by atoms with Crippen LogP contribution in [0.25, 0.3) is 0 Å². The summed E-state index contributed by atoms with van der Waals surface area (Å²) in [7, 11) is 2.50. The van der Waals surface area contributed by atoms with Crippen LogP contribution in [0.4, 0.5) is 0 Å². The monoisotopic (exact) mass is 229 g/mol. The Balaban J connectivity index is 2.38. The average molecular weight is 229 g/mol. The van der Waals surface area contributed by atoms with Crippen LogP contribution in [-0.2, 0) is 19.0 Å². The van der Waals surface area contributed by atoms with E-state index in [9.17, 15) is 14.9 Å². The first-order chi connectivity index (χ1) is 7.55. The van der Waals surface area contributed by atoms with Crippen molar-refractivity contribution >= 4 is 5.97 Å². The highest BCUT2D eigenvalue weighted by Crippen LogP contribution is 2.44. The number of carbonyl (C=O) groups excluding carboxylic acids is 1. The van der Waals surface area contributed by atoms with Crippen molar-refractivity contribution in [3.63, 3.8) is 0 Å². The quantitative estimate of drug-likeness (QED) is 0.286. The molecule has 0 unspecified atom stereocenters. The lowest BCUT2D eigenvalue weighted by Gasteiger charge is -2.24. The number of carbonyl (C=O) groups is 1. The van der Waals surface area contributed by atoms with Crippen molar-refractivity contribution in [2.24, 2.45) is 5.92 Å². The fourth-order valence-electron chi connectivity index (χ4n) is 2.23. The van der Waals surface area contributed by atoms with Gasteiger partial charge in [-0.1, -0.05) is 6.08 Å². The van der Waals surface area contributed by atoms with Crippen molar-refractivity contribution in [3.05, 3.63) is 22.3 Å². The van der Waals surface area contributed by atoms with Crippen LogP contribution in [0.1, 0.15) is 0 Å². The Hall–Kier alpha value is -1.47. The van der Waals surface area contributed by atoms with E-state index in [0.29, 0.717) is 0 Å². The molecule has 0 aromatic carbocycles. The Kier molecular flexibility index (Phi) is 2.43. The van der Waals surface area contributed by atoms with Gasteiger partial charge in [-0.3, -0.25) is 14.9 Å². The van der Waals surface area contributed by atoms with Crippen LogP contribution in [0.2, 0.25) is 0 Å². The molecule has 7 nitrogen and oxygen atoms in total. The van der Waals surface area contributed by atoms with E-state index < -0.39 is 34.7 Å². The third-order valence-electron chi connectivity index (χ3n) is 2.96. The van der Waals surface area contributed by atoms with Gasteiger partial charge in [-0.15, -0.1) is 0 Å². The van der Waals surface area contributed by atoms with Gasteiger partial charge in [0.25, 0.3) is 11.8 Å². The number of esters is 1. The second-order valence-electron chi connectivity index (χ2n) is 3.65. The molecule has 0 aromatic heterocycles. The lowest BCUT2D eigenvalue weighted by Crippen LogP contribution is -2.49. The molecule has 7 heteroatoms. The normalized spacial score (nSPS) is 40.0. The molecule has 2 heterocycles. The summed E-state index contributed by atoms with van der Waals surface area (Å²) in [4.78, 5) is 21.9. The van der Waals surface area contributed by atoms with Crippen LogP contribution in [0.5, 0.6) is 0 Å². The summed E-state index contributed by atoms with van der Waals surface area (Å²) in [6.07, 6.45) is 2.41. The zero-order valence-corrected chi connectivity index (χ0v) is 8.78. The summed E-state index contributed by atoms with van der Waals surface area (Å²) in [6, 6.07) is -1.26. The minimum Gasteiger partial charge on any atom is -0.469 e. The van der Waals surface area contributed by atoms with Crippen LogP contribution < -0.4 is 0 Å². The van der Waals surface area contributed by atoms with Crippen molar-refractivity contribution in [3.8, 4) is 0 Å². The highest BCUT2D eigenvalue weighted by atomic mass is 16.7. The molecule has 0 radical (unpaired) electrons. The van der Waals surface area contributed by atoms with Gasteiger partial charge in [0.05, 0.1) is 7.11 Å². The van der Waals surface area contributed by atoms with Gasteiger partial charge in [0.15, 0.2) is 5.92 Å². The summed E-state index contributed by atoms with van der Waals surface area (Å²) in [5, 5.41) is 11.0. The number of nitro groups is 1. The van der Waals surface area contributed by atoms with Gasteiger partial charge in [0.2, 0.25) is 0 Å². The van der Waals surface area contributed by atoms with E-state index in [-0.39, 0.29) is 0 Å². The first-order valence-corrected chi connectivity index (χ1v) is 4.69. The lowest BCUT2D eigenvalue weighted by atomic mass is 9.87. The van der Waals surface area contributed by atoms with Crippen LogP contribution in [0.15, 0.2) is 12.2 Å². The standard InChI is InChI=1S/C9H11NO6/c1-14-8(11)6-5-3-4-9(15-2,16-5)7(6)10(12)13/h3-7H,1-2H3/t5-,6-,7+,9+/m1/s1. The average Bonchev–Trinajstić information content (AvgIpc) is 2.83. The Morgan fingerprint density at radius 3 is 2.75 bits per heavy atom. The lowest BCUT2D eigenvalue weighted by molar-refractivity contribution is -0.553. The molecular weight excluding hydrogens is 218 g/mol. The second-order valence-corrected chi connectivity index (χ2v) is 3.65. The van der Waals surface area contributed by atoms with Crippen molar-refractivity contribution < 1.29 is 23.9 Å². The number of nitrogens with zero attached hydrogens (tertiary/aromatic N) is 1. The minimum atomic E-state index is -1.44. The topological polar surface area (TPSA) is 87.9 Å². The van der Waals surface area contributed by atoms with E-state index in [0.717, 1.165) is 0 Å². The van der Waals surface area contributed by atoms with Gasteiger partial charge in [-0.25, -0.2) is 0 Å². The molecule has 16 heavy (non-hydrogen) atoms. The maximum atomic E-state index is 11.5. The number of ether oxygens (including phenoxy) is 3. The maximum absolute atomic E-state index is 11.5. The summed E-state index contributed by atoms with van der Waals surface area (Å²) in [5.74, 6) is -3.05. The number of fused-ring (bicyclic) bond motifs is 2. The van der Waals surface area contributed by atoms with Crippen LogP contribution in [0, 0.1) is 16.0 Å². The van der Waals surface area contributed by atoms with Gasteiger partial charge in [-0.2, -0.15) is 0 Å². The van der Waals surface area contributed by atoms with Crippen molar-refractivity contribution in [1.29, 1.82) is 0 Å². The fourth-order valence-corrected chi connectivity index (χ4v) is 2.23. The Morgan fingerprint density at radius 1 is 1.56 bits per heavy atom. The zero-order chi connectivity index (χ0) is 11.9. The molecule has 0 aromatic rings. The Bertz CT molecular complexity index is 367. The second kappa shape index (κ2) is 3.53. The molecule has 0 N–H and O–H groups in total. The smallest absolute Gasteiger partial charge is 0.318 e. The molecule has 1 saturated heterocycles. The molecule has 1 fully saturated rings. The Morgan fingerprint density at radius 2 is 2.25 bits per heavy atom. The van der Waals surface area contributed by atoms with Gasteiger partial charge in [-0.05, 0) is 6.08 Å². The van der Waals surface area contributed by atoms with Gasteiger partial charge < -0.3 is 14.2 Å². The van der Waals surface area contributed by atoms with Crippen LogP contribution in [0.3, 0.4) is 0 Å². The number of methoxy groups -OCH3 is 2. The molecule has 2 aliphatic rings. The summed E-state index contributed by atoms with van der Waals surface area (Å²) in [6.45, 7) is 0. The van der Waals surface area contributed by atoms with Gasteiger partial charge in [0, 0.05) is 12.0 Å². The highest BCUT2D eigenvalue weighted by molar-refractivity contribution is 5.75. The molecule has 0 saturated carbocycles. The van der Waals surface area contributed by atoms with Crippen LogP contribution >= 0.6 is 0 Å². The van der Waals surface area contributed by atoms with Gasteiger partial charge in [0.1, 0.15) is 6.10 Å². The van der Waals surface area contributed by atoms with Gasteiger partial charge >= 0.3 is 5.97 Å². The predicted octanol–water partition coefficient (Wildman–Crippen LogP) is -0.268. The first-order valence-electron chi connectivity index (χ1n) is 4.69. The van der Waals surface area contributed by atoms with E-state index in [1.54, 1.807) is 6.08 Å². The minimum absolute atomic E-state index is 0.561. The summed E-state index contributed by atoms with van der Waals surface area (Å²) in [5.41, 5.74) is 0. The fraction of sp³-hybridized carbons (Fsp3) is 0.667. The molecule has 2 aliphatic heterocycles. The third-order valence-corrected chi connectivity index (χ3v) is 2.96. The highest BCUT2D eigenvalue weighted by Gasteiger charge is 2.67. The molecule has 4 atom stereocenters. The summed E-state index contributed by atoms with van der Waals surface area (Å²) < 4.78 is 14.9. The molecule has 2 bridgehead atoms. The summed E-state index contributed by atoms with van der Waals surface area (Å²) >= 11 is 0. The molecular formula is C9H11NO6. The molecule has 88 valence electrons.